The van der Waals surface area contributed by atoms with E-state index in [9.17, 15) is 14.7 Å². The van der Waals surface area contributed by atoms with E-state index >= 15 is 0 Å². The van der Waals surface area contributed by atoms with Gasteiger partial charge in [-0.15, -0.1) is 0 Å². The Kier molecular flexibility index (Phi) is 5.03. The van der Waals surface area contributed by atoms with Gasteiger partial charge in [0, 0.05) is 13.0 Å². The predicted octanol–water partition coefficient (Wildman–Crippen LogP) is 1.91. The van der Waals surface area contributed by atoms with E-state index in [1.807, 2.05) is 36.4 Å². The SMILES string of the molecule is O=C(NCc1ccc2c(c1)OCO2)NC(Cc1ccccc1)C(=O)O. The quantitative estimate of drug-likeness (QED) is 0.745. The van der Waals surface area contributed by atoms with Crippen LogP contribution in [0.3, 0.4) is 0 Å². The molecule has 2 amide bonds. The summed E-state index contributed by atoms with van der Waals surface area (Å²) < 4.78 is 10.5. The van der Waals surface area contributed by atoms with Crippen LogP contribution in [0.2, 0.25) is 0 Å². The van der Waals surface area contributed by atoms with E-state index < -0.39 is 18.0 Å². The van der Waals surface area contributed by atoms with E-state index in [0.29, 0.717) is 11.5 Å². The van der Waals surface area contributed by atoms with Crippen molar-refractivity contribution in [3.05, 3.63) is 59.7 Å². The molecule has 0 saturated heterocycles. The third kappa shape index (κ3) is 4.41. The molecule has 0 radical (unpaired) electrons. The third-order valence-corrected chi connectivity index (χ3v) is 3.78. The van der Waals surface area contributed by atoms with Crippen LogP contribution in [0.1, 0.15) is 11.1 Å². The Morgan fingerprint density at radius 1 is 1.04 bits per heavy atom. The molecule has 3 rings (SSSR count). The Morgan fingerprint density at radius 2 is 1.80 bits per heavy atom. The molecule has 130 valence electrons. The fourth-order valence-electron chi connectivity index (χ4n) is 2.49. The topological polar surface area (TPSA) is 96.9 Å². The fourth-order valence-corrected chi connectivity index (χ4v) is 2.49. The van der Waals surface area contributed by atoms with E-state index in [4.69, 9.17) is 9.47 Å². The molecular formula is C18H18N2O5. The van der Waals surface area contributed by atoms with Crippen molar-refractivity contribution in [2.75, 3.05) is 6.79 Å². The first-order valence-corrected chi connectivity index (χ1v) is 7.81. The van der Waals surface area contributed by atoms with Crippen LogP contribution >= 0.6 is 0 Å². The highest BCUT2D eigenvalue weighted by Gasteiger charge is 2.20. The number of hydrogen-bond acceptors (Lipinski definition) is 4. The van der Waals surface area contributed by atoms with Crippen molar-refractivity contribution in [1.29, 1.82) is 0 Å². The molecule has 0 aliphatic carbocycles. The number of fused-ring (bicyclic) bond motifs is 1. The molecule has 1 heterocycles. The zero-order valence-electron chi connectivity index (χ0n) is 13.4. The molecule has 0 spiro atoms. The minimum absolute atomic E-state index is 0.187. The van der Waals surface area contributed by atoms with Crippen LogP contribution in [-0.2, 0) is 17.8 Å². The van der Waals surface area contributed by atoms with Crippen molar-refractivity contribution in [3.63, 3.8) is 0 Å². The van der Waals surface area contributed by atoms with Gasteiger partial charge in [-0.05, 0) is 23.3 Å². The second-order valence-corrected chi connectivity index (χ2v) is 5.60. The maximum absolute atomic E-state index is 12.0. The number of carboxylic acid groups (broad SMARTS) is 1. The number of benzene rings is 2. The van der Waals surface area contributed by atoms with Crippen molar-refractivity contribution in [1.82, 2.24) is 10.6 Å². The summed E-state index contributed by atoms with van der Waals surface area (Å²) in [5.41, 5.74) is 1.67. The first-order chi connectivity index (χ1) is 12.1. The Hall–Kier alpha value is -3.22. The van der Waals surface area contributed by atoms with Gasteiger partial charge in [0.25, 0.3) is 0 Å². The van der Waals surface area contributed by atoms with Crippen LogP contribution in [0, 0.1) is 0 Å². The molecule has 1 atom stereocenters. The van der Waals surface area contributed by atoms with E-state index in [1.54, 1.807) is 12.1 Å². The molecule has 1 aliphatic heterocycles. The van der Waals surface area contributed by atoms with Gasteiger partial charge in [0.15, 0.2) is 11.5 Å². The van der Waals surface area contributed by atoms with E-state index in [0.717, 1.165) is 11.1 Å². The molecule has 7 heteroatoms. The monoisotopic (exact) mass is 342 g/mol. The molecule has 0 fully saturated rings. The largest absolute Gasteiger partial charge is 0.480 e. The number of nitrogens with one attached hydrogen (secondary N) is 2. The average molecular weight is 342 g/mol. The lowest BCUT2D eigenvalue weighted by molar-refractivity contribution is -0.139. The van der Waals surface area contributed by atoms with Crippen LogP contribution in [0.15, 0.2) is 48.5 Å². The number of carboxylic acids is 1. The molecule has 1 aliphatic rings. The molecule has 0 aromatic heterocycles. The maximum Gasteiger partial charge on any atom is 0.326 e. The number of ether oxygens (including phenoxy) is 2. The Morgan fingerprint density at radius 3 is 2.56 bits per heavy atom. The molecule has 25 heavy (non-hydrogen) atoms. The van der Waals surface area contributed by atoms with Gasteiger partial charge in [0.1, 0.15) is 6.04 Å². The first kappa shape index (κ1) is 16.6. The maximum atomic E-state index is 12.0. The van der Waals surface area contributed by atoms with Crippen molar-refractivity contribution in [3.8, 4) is 11.5 Å². The summed E-state index contributed by atoms with van der Waals surface area (Å²) in [6, 6.07) is 13.0. The van der Waals surface area contributed by atoms with Crippen molar-refractivity contribution in [2.45, 2.75) is 19.0 Å². The van der Waals surface area contributed by atoms with Crippen LogP contribution < -0.4 is 20.1 Å². The molecule has 1 unspecified atom stereocenters. The third-order valence-electron chi connectivity index (χ3n) is 3.78. The van der Waals surface area contributed by atoms with Gasteiger partial charge in [0.2, 0.25) is 6.79 Å². The average Bonchev–Trinajstić information content (AvgIpc) is 3.08. The minimum Gasteiger partial charge on any atom is -0.480 e. The Bertz CT molecular complexity index is 763. The van der Waals surface area contributed by atoms with Crippen molar-refractivity contribution in [2.24, 2.45) is 0 Å². The summed E-state index contributed by atoms with van der Waals surface area (Å²) in [5, 5.41) is 14.4. The highest BCUT2D eigenvalue weighted by Crippen LogP contribution is 2.32. The van der Waals surface area contributed by atoms with Crippen LogP contribution in [0.5, 0.6) is 11.5 Å². The van der Waals surface area contributed by atoms with Gasteiger partial charge in [-0.3, -0.25) is 0 Å². The Labute approximate surface area is 144 Å². The lowest BCUT2D eigenvalue weighted by atomic mass is 10.1. The number of rotatable bonds is 6. The molecule has 3 N–H and O–H groups in total. The predicted molar refractivity (Wildman–Crippen MR) is 89.5 cm³/mol. The molecule has 7 nitrogen and oxygen atoms in total. The minimum atomic E-state index is -1.08. The Balaban J connectivity index is 1.54. The second-order valence-electron chi connectivity index (χ2n) is 5.60. The highest BCUT2D eigenvalue weighted by molar-refractivity contribution is 5.82. The smallest absolute Gasteiger partial charge is 0.326 e. The number of carbonyl (C=O) groups is 2. The number of aliphatic carboxylic acids is 1. The molecule has 2 aromatic rings. The summed E-state index contributed by atoms with van der Waals surface area (Å²) in [6.45, 7) is 0.437. The zero-order valence-corrected chi connectivity index (χ0v) is 13.4. The van der Waals surface area contributed by atoms with Gasteiger partial charge in [0.05, 0.1) is 0 Å². The number of hydrogen-bond donors (Lipinski definition) is 3. The number of amides is 2. The molecule has 0 saturated carbocycles. The summed E-state index contributed by atoms with van der Waals surface area (Å²) >= 11 is 0. The molecule has 2 aromatic carbocycles. The normalized spacial score (nSPS) is 13.1. The van der Waals surface area contributed by atoms with Crippen LogP contribution in [-0.4, -0.2) is 29.9 Å². The van der Waals surface area contributed by atoms with Crippen molar-refractivity contribution < 1.29 is 24.2 Å². The molecular weight excluding hydrogens is 324 g/mol. The van der Waals surface area contributed by atoms with Crippen molar-refractivity contribution >= 4 is 12.0 Å². The first-order valence-electron chi connectivity index (χ1n) is 7.81. The van der Waals surface area contributed by atoms with E-state index in [-0.39, 0.29) is 19.8 Å². The van der Waals surface area contributed by atoms with Crippen LogP contribution in [0.25, 0.3) is 0 Å². The van der Waals surface area contributed by atoms with E-state index in [2.05, 4.69) is 10.6 Å². The van der Waals surface area contributed by atoms with Gasteiger partial charge >= 0.3 is 12.0 Å². The lowest BCUT2D eigenvalue weighted by Gasteiger charge is -2.15. The number of carbonyl (C=O) groups excluding carboxylic acids is 1. The lowest BCUT2D eigenvalue weighted by Crippen LogP contribution is -2.46. The van der Waals surface area contributed by atoms with Gasteiger partial charge in [-0.2, -0.15) is 0 Å². The van der Waals surface area contributed by atoms with Crippen LogP contribution in [0.4, 0.5) is 4.79 Å². The van der Waals surface area contributed by atoms with Gasteiger partial charge in [-0.1, -0.05) is 36.4 Å². The van der Waals surface area contributed by atoms with Gasteiger partial charge in [-0.25, -0.2) is 9.59 Å². The summed E-state index contributed by atoms with van der Waals surface area (Å²) in [5.74, 6) is 0.219. The second kappa shape index (κ2) is 7.57. The summed E-state index contributed by atoms with van der Waals surface area (Å²) in [7, 11) is 0. The molecule has 0 bridgehead atoms. The fraction of sp³-hybridized carbons (Fsp3) is 0.222. The number of urea groups is 1. The summed E-state index contributed by atoms with van der Waals surface area (Å²) in [6.07, 6.45) is 0.216. The zero-order chi connectivity index (χ0) is 17.6. The summed E-state index contributed by atoms with van der Waals surface area (Å²) in [4.78, 5) is 23.4. The van der Waals surface area contributed by atoms with Gasteiger partial charge < -0.3 is 25.2 Å². The highest BCUT2D eigenvalue weighted by atomic mass is 16.7. The standard InChI is InChI=1S/C18H18N2O5/c21-17(22)14(8-12-4-2-1-3-5-12)20-18(23)19-10-13-6-7-15-16(9-13)25-11-24-15/h1-7,9,14H,8,10-11H2,(H,21,22)(H2,19,20,23). The van der Waals surface area contributed by atoms with E-state index in [1.165, 1.54) is 0 Å².